The van der Waals surface area contributed by atoms with E-state index in [0.717, 1.165) is 31.7 Å². The maximum Gasteiger partial charge on any atom is 0.315 e. The second-order valence-electron chi connectivity index (χ2n) is 4.26. The van der Waals surface area contributed by atoms with Gasteiger partial charge in [0.05, 0.1) is 0 Å². The number of hydrogen-bond acceptors (Lipinski definition) is 1. The molecule has 3 heteroatoms. The van der Waals surface area contributed by atoms with Crippen LogP contribution in [-0.2, 0) is 0 Å². The zero-order chi connectivity index (χ0) is 9.10. The molecule has 0 saturated heterocycles. The Labute approximate surface area is 79.3 Å². The van der Waals surface area contributed by atoms with Gasteiger partial charge in [-0.3, -0.25) is 0 Å². The second kappa shape index (κ2) is 3.99. The van der Waals surface area contributed by atoms with Crippen LogP contribution in [0.15, 0.2) is 0 Å². The van der Waals surface area contributed by atoms with Gasteiger partial charge in [0.1, 0.15) is 0 Å². The van der Waals surface area contributed by atoms with Crippen LogP contribution >= 0.6 is 0 Å². The molecule has 2 N–H and O–H groups in total. The van der Waals surface area contributed by atoms with Gasteiger partial charge in [-0.25, -0.2) is 4.79 Å². The molecule has 3 nitrogen and oxygen atoms in total. The molecule has 74 valence electrons. The molecular formula is C10H18N2O. The van der Waals surface area contributed by atoms with Crippen LogP contribution in [0.3, 0.4) is 0 Å². The lowest BCUT2D eigenvalue weighted by molar-refractivity contribution is 0.236. The van der Waals surface area contributed by atoms with Gasteiger partial charge in [-0.1, -0.05) is 19.3 Å². The molecule has 2 amide bonds. The normalized spacial score (nSPS) is 22.2. The van der Waals surface area contributed by atoms with E-state index < -0.39 is 0 Å². The smallest absolute Gasteiger partial charge is 0.315 e. The highest BCUT2D eigenvalue weighted by atomic mass is 16.2. The fourth-order valence-electron chi connectivity index (χ4n) is 1.64. The molecule has 0 atom stereocenters. The summed E-state index contributed by atoms with van der Waals surface area (Å²) < 4.78 is 0. The number of rotatable bonds is 4. The number of amides is 2. The van der Waals surface area contributed by atoms with Crippen LogP contribution in [0.4, 0.5) is 4.79 Å². The van der Waals surface area contributed by atoms with Crippen molar-refractivity contribution < 1.29 is 4.79 Å². The van der Waals surface area contributed by atoms with E-state index in [2.05, 4.69) is 10.6 Å². The van der Waals surface area contributed by atoms with Crippen molar-refractivity contribution in [3.63, 3.8) is 0 Å². The van der Waals surface area contributed by atoms with E-state index in [4.69, 9.17) is 0 Å². The minimum absolute atomic E-state index is 0.0295. The van der Waals surface area contributed by atoms with Crippen molar-refractivity contribution in [1.82, 2.24) is 10.6 Å². The molecule has 0 bridgehead atoms. The predicted octanol–water partition coefficient (Wildman–Crippen LogP) is 1.64. The van der Waals surface area contributed by atoms with Gasteiger partial charge in [-0.05, 0) is 25.2 Å². The van der Waals surface area contributed by atoms with Crippen molar-refractivity contribution in [2.45, 2.75) is 44.6 Å². The minimum atomic E-state index is 0.0295. The molecular weight excluding hydrogens is 164 g/mol. The minimum Gasteiger partial charge on any atom is -0.338 e. The Balaban J connectivity index is 1.48. The van der Waals surface area contributed by atoms with Gasteiger partial charge in [0.2, 0.25) is 0 Å². The molecule has 0 aromatic heterocycles. The Morgan fingerprint density at radius 3 is 2.54 bits per heavy atom. The highest BCUT2D eigenvalue weighted by Gasteiger charge is 2.23. The topological polar surface area (TPSA) is 41.1 Å². The summed E-state index contributed by atoms with van der Waals surface area (Å²) in [5, 5.41) is 5.82. The Kier molecular flexibility index (Phi) is 2.71. The lowest BCUT2D eigenvalue weighted by Gasteiger charge is -2.25. The first-order chi connectivity index (χ1) is 6.34. The number of hydrogen-bond donors (Lipinski definition) is 2. The zero-order valence-electron chi connectivity index (χ0n) is 8.01. The monoisotopic (exact) mass is 182 g/mol. The van der Waals surface area contributed by atoms with E-state index in [1.807, 2.05) is 0 Å². The Bertz CT molecular complexity index is 185. The van der Waals surface area contributed by atoms with E-state index in [-0.39, 0.29) is 6.03 Å². The summed E-state index contributed by atoms with van der Waals surface area (Å²) in [6.45, 7) is 0.850. The van der Waals surface area contributed by atoms with E-state index in [1.165, 1.54) is 19.3 Å². The average Bonchev–Trinajstić information content (AvgIpc) is 2.78. The standard InChI is InChI=1S/C10H18N2O/c13-10(12-9-4-5-9)11-7-6-8-2-1-3-8/h8-9H,1-7H2,(H2,11,12,13). The van der Waals surface area contributed by atoms with Crippen LogP contribution in [0.1, 0.15) is 38.5 Å². The molecule has 0 aliphatic heterocycles. The number of urea groups is 1. The van der Waals surface area contributed by atoms with E-state index in [0.29, 0.717) is 6.04 Å². The van der Waals surface area contributed by atoms with Crippen LogP contribution in [0.2, 0.25) is 0 Å². The third-order valence-corrected chi connectivity index (χ3v) is 2.98. The van der Waals surface area contributed by atoms with Crippen molar-refractivity contribution in [2.75, 3.05) is 6.54 Å². The SMILES string of the molecule is O=C(NCCC1CCC1)NC1CC1. The van der Waals surface area contributed by atoms with E-state index in [9.17, 15) is 4.79 Å². The molecule has 0 spiro atoms. The summed E-state index contributed by atoms with van der Waals surface area (Å²) >= 11 is 0. The first kappa shape index (κ1) is 8.85. The van der Waals surface area contributed by atoms with Gasteiger partial charge in [0, 0.05) is 12.6 Å². The summed E-state index contributed by atoms with van der Waals surface area (Å²) in [4.78, 5) is 11.2. The van der Waals surface area contributed by atoms with E-state index >= 15 is 0 Å². The Morgan fingerprint density at radius 1 is 1.23 bits per heavy atom. The maximum absolute atomic E-state index is 11.2. The van der Waals surface area contributed by atoms with Crippen LogP contribution in [0.5, 0.6) is 0 Å². The molecule has 0 radical (unpaired) electrons. The van der Waals surface area contributed by atoms with Gasteiger partial charge in [0.15, 0.2) is 0 Å². The predicted molar refractivity (Wildman–Crippen MR) is 51.5 cm³/mol. The summed E-state index contributed by atoms with van der Waals surface area (Å²) in [5.74, 6) is 0.890. The first-order valence-corrected chi connectivity index (χ1v) is 5.39. The molecule has 2 saturated carbocycles. The maximum atomic E-state index is 11.2. The first-order valence-electron chi connectivity index (χ1n) is 5.39. The van der Waals surface area contributed by atoms with Gasteiger partial charge >= 0.3 is 6.03 Å². The molecule has 0 aromatic rings. The summed E-state index contributed by atoms with van der Waals surface area (Å²) in [6, 6.07) is 0.505. The third-order valence-electron chi connectivity index (χ3n) is 2.98. The Hall–Kier alpha value is -0.730. The van der Waals surface area contributed by atoms with Gasteiger partial charge in [-0.15, -0.1) is 0 Å². The number of carbonyl (C=O) groups excluding carboxylic acids is 1. The summed E-state index contributed by atoms with van der Waals surface area (Å²) in [5.41, 5.74) is 0. The van der Waals surface area contributed by atoms with Gasteiger partial charge < -0.3 is 10.6 Å². The lowest BCUT2D eigenvalue weighted by Crippen LogP contribution is -2.38. The van der Waals surface area contributed by atoms with Crippen molar-refractivity contribution >= 4 is 6.03 Å². The zero-order valence-corrected chi connectivity index (χ0v) is 8.01. The van der Waals surface area contributed by atoms with Crippen LogP contribution in [0, 0.1) is 5.92 Å². The third kappa shape index (κ3) is 2.90. The largest absolute Gasteiger partial charge is 0.338 e. The molecule has 13 heavy (non-hydrogen) atoms. The van der Waals surface area contributed by atoms with Crippen molar-refractivity contribution in [3.05, 3.63) is 0 Å². The summed E-state index contributed by atoms with van der Waals surface area (Å²) in [7, 11) is 0. The fourth-order valence-corrected chi connectivity index (χ4v) is 1.64. The van der Waals surface area contributed by atoms with Gasteiger partial charge in [0.25, 0.3) is 0 Å². The molecule has 2 aliphatic carbocycles. The van der Waals surface area contributed by atoms with Crippen LogP contribution in [0.25, 0.3) is 0 Å². The van der Waals surface area contributed by atoms with Crippen LogP contribution in [-0.4, -0.2) is 18.6 Å². The highest BCUT2D eigenvalue weighted by molar-refractivity contribution is 5.74. The van der Waals surface area contributed by atoms with Crippen LogP contribution < -0.4 is 10.6 Å². The van der Waals surface area contributed by atoms with Gasteiger partial charge in [-0.2, -0.15) is 0 Å². The van der Waals surface area contributed by atoms with E-state index in [1.54, 1.807) is 0 Å². The molecule has 0 aromatic carbocycles. The lowest BCUT2D eigenvalue weighted by atomic mass is 9.83. The van der Waals surface area contributed by atoms with Crippen molar-refractivity contribution in [1.29, 1.82) is 0 Å². The fraction of sp³-hybridized carbons (Fsp3) is 0.900. The number of nitrogens with one attached hydrogen (secondary N) is 2. The highest BCUT2D eigenvalue weighted by Crippen LogP contribution is 2.28. The molecule has 2 fully saturated rings. The molecule has 2 aliphatic rings. The van der Waals surface area contributed by atoms with Crippen molar-refractivity contribution in [2.24, 2.45) is 5.92 Å². The molecule has 2 rings (SSSR count). The van der Waals surface area contributed by atoms with Crippen molar-refractivity contribution in [3.8, 4) is 0 Å². The second-order valence-corrected chi connectivity index (χ2v) is 4.26. The quantitative estimate of drug-likeness (QED) is 0.681. The summed E-state index contributed by atoms with van der Waals surface area (Å²) in [6.07, 6.45) is 7.61. The molecule has 0 heterocycles. The Morgan fingerprint density at radius 2 is 2.00 bits per heavy atom. The number of carbonyl (C=O) groups is 1. The molecule has 0 unspecified atom stereocenters. The average molecular weight is 182 g/mol.